The van der Waals surface area contributed by atoms with Crippen molar-refractivity contribution < 1.29 is 27.8 Å². The van der Waals surface area contributed by atoms with Gasteiger partial charge >= 0.3 is 6.09 Å². The van der Waals surface area contributed by atoms with Crippen LogP contribution in [0.1, 0.15) is 33.6 Å². The van der Waals surface area contributed by atoms with E-state index in [1.807, 2.05) is 0 Å². The van der Waals surface area contributed by atoms with Crippen molar-refractivity contribution in [2.24, 2.45) is 0 Å². The number of ketones is 1. The molecule has 0 aliphatic carbocycles. The van der Waals surface area contributed by atoms with Crippen molar-refractivity contribution in [1.82, 2.24) is 5.32 Å². The number of halogens is 2. The van der Waals surface area contributed by atoms with Gasteiger partial charge < -0.3 is 14.8 Å². The van der Waals surface area contributed by atoms with Crippen LogP contribution in [0.25, 0.3) is 0 Å². The third kappa shape index (κ3) is 9.69. The Morgan fingerprint density at radius 2 is 1.76 bits per heavy atom. The van der Waals surface area contributed by atoms with Gasteiger partial charge in [-0.1, -0.05) is 31.4 Å². The molecule has 29 heavy (non-hydrogen) atoms. The molecule has 0 aromatic heterocycles. The molecule has 0 bridgehead atoms. The minimum Gasteiger partial charge on any atom is -0.491 e. The number of benzene rings is 1. The lowest BCUT2D eigenvalue weighted by Crippen LogP contribution is -2.46. The van der Waals surface area contributed by atoms with Crippen LogP contribution < -0.4 is 10.1 Å². The van der Waals surface area contributed by atoms with Gasteiger partial charge in [-0.25, -0.2) is 13.6 Å². The molecule has 0 saturated heterocycles. The maximum Gasteiger partial charge on any atom is 0.408 e. The van der Waals surface area contributed by atoms with Crippen molar-refractivity contribution >= 4 is 11.9 Å². The van der Waals surface area contributed by atoms with E-state index in [0.717, 1.165) is 17.7 Å². The molecule has 5 nitrogen and oxygen atoms in total. The second-order valence-corrected chi connectivity index (χ2v) is 7.26. The van der Waals surface area contributed by atoms with Gasteiger partial charge in [-0.05, 0) is 32.8 Å². The summed E-state index contributed by atoms with van der Waals surface area (Å²) in [5.41, 5.74) is 0.0462. The second-order valence-electron chi connectivity index (χ2n) is 7.26. The lowest BCUT2D eigenvalue weighted by atomic mass is 10.0. The molecule has 0 aliphatic heterocycles. The summed E-state index contributed by atoms with van der Waals surface area (Å²) >= 11 is 0. The number of amides is 1. The highest BCUT2D eigenvalue weighted by molar-refractivity contribution is 5.87. The topological polar surface area (TPSA) is 64.6 Å². The molecule has 158 valence electrons. The Labute approximate surface area is 170 Å². The third-order valence-corrected chi connectivity index (χ3v) is 3.59. The summed E-state index contributed by atoms with van der Waals surface area (Å²) in [5, 5.41) is 2.46. The van der Waals surface area contributed by atoms with Gasteiger partial charge in [0.2, 0.25) is 0 Å². The molecule has 0 aliphatic rings. The number of nitrogens with one attached hydrogen (secondary N) is 1. The molecule has 1 N–H and O–H groups in total. The summed E-state index contributed by atoms with van der Waals surface area (Å²) in [4.78, 5) is 24.7. The zero-order valence-corrected chi connectivity index (χ0v) is 17.0. The minimum atomic E-state index is -1.06. The molecule has 0 saturated carbocycles. The van der Waals surface area contributed by atoms with Crippen molar-refractivity contribution in [3.8, 4) is 5.75 Å². The Kier molecular flexibility index (Phi) is 9.25. The zero-order valence-electron chi connectivity index (χ0n) is 17.0. The van der Waals surface area contributed by atoms with Crippen LogP contribution in [-0.2, 0) is 9.53 Å². The quantitative estimate of drug-likeness (QED) is 0.561. The standard InChI is InChI=1S/C22H27F2NO4/c1-6-8-15(7-2)9-10-20(26)19(25-21(27)29-22(3,4)5)14-28-18-12-16(23)11-17(24)13-18/h6-8,11-13,19H,1-2,9-10,14H2,3-5H3,(H,25,27)/b15-8+/t19-/m0/s1. The van der Waals surface area contributed by atoms with Crippen molar-refractivity contribution in [1.29, 1.82) is 0 Å². The van der Waals surface area contributed by atoms with Crippen molar-refractivity contribution in [3.05, 3.63) is 66.8 Å². The molecule has 1 rings (SSSR count). The maximum absolute atomic E-state index is 13.3. The van der Waals surface area contributed by atoms with Crippen molar-refractivity contribution in [3.63, 3.8) is 0 Å². The van der Waals surface area contributed by atoms with Gasteiger partial charge in [-0.15, -0.1) is 0 Å². The predicted molar refractivity (Wildman–Crippen MR) is 108 cm³/mol. The van der Waals surface area contributed by atoms with E-state index in [0.29, 0.717) is 12.5 Å². The summed E-state index contributed by atoms with van der Waals surface area (Å²) in [6, 6.07) is 1.62. The SMILES string of the molecule is C=C/C=C(\C=C)CCC(=O)[C@H](COc1cc(F)cc(F)c1)NC(=O)OC(C)(C)C. The molecule has 1 aromatic carbocycles. The number of ether oxygens (including phenoxy) is 2. The van der Waals surface area contributed by atoms with E-state index >= 15 is 0 Å². The van der Waals surface area contributed by atoms with E-state index in [-0.39, 0.29) is 24.6 Å². The first-order valence-electron chi connectivity index (χ1n) is 9.09. The molecule has 0 spiro atoms. The lowest BCUT2D eigenvalue weighted by molar-refractivity contribution is -0.121. The molecule has 0 heterocycles. The molecule has 0 unspecified atom stereocenters. The van der Waals surface area contributed by atoms with Gasteiger partial charge in [0.15, 0.2) is 5.78 Å². The Hall–Kier alpha value is -2.96. The molecule has 1 aromatic rings. The highest BCUT2D eigenvalue weighted by atomic mass is 19.1. The summed E-state index contributed by atoms with van der Waals surface area (Å²) in [6.07, 6.45) is 4.59. The summed E-state index contributed by atoms with van der Waals surface area (Å²) in [7, 11) is 0. The number of alkyl carbamates (subject to hydrolysis) is 1. The molecule has 1 atom stereocenters. The van der Waals surface area contributed by atoms with Crippen LogP contribution in [0.4, 0.5) is 13.6 Å². The fourth-order valence-corrected chi connectivity index (χ4v) is 2.30. The molecule has 0 fully saturated rings. The molecular formula is C22H27F2NO4. The molecule has 1 amide bonds. The lowest BCUT2D eigenvalue weighted by Gasteiger charge is -2.23. The first-order chi connectivity index (χ1) is 13.5. The van der Waals surface area contributed by atoms with Crippen LogP contribution in [0, 0.1) is 11.6 Å². The Morgan fingerprint density at radius 3 is 2.28 bits per heavy atom. The smallest absolute Gasteiger partial charge is 0.408 e. The Bertz CT molecular complexity index is 761. The van der Waals surface area contributed by atoms with E-state index < -0.39 is 29.4 Å². The van der Waals surface area contributed by atoms with Crippen LogP contribution >= 0.6 is 0 Å². The normalized spacial score (nSPS) is 12.7. The average Bonchev–Trinajstić information content (AvgIpc) is 2.59. The highest BCUT2D eigenvalue weighted by Crippen LogP contribution is 2.16. The molecular weight excluding hydrogens is 380 g/mol. The van der Waals surface area contributed by atoms with Gasteiger partial charge in [0.1, 0.15) is 35.6 Å². The largest absolute Gasteiger partial charge is 0.491 e. The number of hydrogen-bond acceptors (Lipinski definition) is 4. The Balaban J connectivity index is 2.87. The van der Waals surface area contributed by atoms with Gasteiger partial charge in [0.25, 0.3) is 0 Å². The summed E-state index contributed by atoms with van der Waals surface area (Å²) < 4.78 is 37.2. The number of carbonyl (C=O) groups is 2. The van der Waals surface area contributed by atoms with E-state index in [1.54, 1.807) is 39.0 Å². The number of hydrogen-bond donors (Lipinski definition) is 1. The second kappa shape index (κ2) is 11.1. The number of Topliss-reactive ketones (excluding diaryl/α,β-unsaturated/α-hetero) is 1. The minimum absolute atomic E-state index is 0.0903. The van der Waals surface area contributed by atoms with Crippen molar-refractivity contribution in [2.45, 2.75) is 45.3 Å². The first-order valence-corrected chi connectivity index (χ1v) is 9.09. The average molecular weight is 407 g/mol. The molecule has 7 heteroatoms. The van der Waals surface area contributed by atoms with Gasteiger partial charge in [-0.2, -0.15) is 0 Å². The van der Waals surface area contributed by atoms with Gasteiger partial charge in [0.05, 0.1) is 0 Å². The van der Waals surface area contributed by atoms with E-state index in [9.17, 15) is 18.4 Å². The van der Waals surface area contributed by atoms with Crippen LogP contribution in [0.3, 0.4) is 0 Å². The zero-order chi connectivity index (χ0) is 22.0. The van der Waals surface area contributed by atoms with E-state index in [1.165, 1.54) is 0 Å². The van der Waals surface area contributed by atoms with E-state index in [4.69, 9.17) is 9.47 Å². The highest BCUT2D eigenvalue weighted by Gasteiger charge is 2.25. The fourth-order valence-electron chi connectivity index (χ4n) is 2.30. The van der Waals surface area contributed by atoms with Crippen LogP contribution in [0.2, 0.25) is 0 Å². The summed E-state index contributed by atoms with van der Waals surface area (Å²) in [5.74, 6) is -2.05. The number of allylic oxidation sites excluding steroid dienone is 4. The van der Waals surface area contributed by atoms with Crippen LogP contribution in [0.15, 0.2) is 55.2 Å². The predicted octanol–water partition coefficient (Wildman–Crippen LogP) is 4.88. The number of carbonyl (C=O) groups excluding carboxylic acids is 2. The van der Waals surface area contributed by atoms with Gasteiger partial charge in [-0.3, -0.25) is 4.79 Å². The number of rotatable bonds is 10. The maximum atomic E-state index is 13.3. The van der Waals surface area contributed by atoms with Gasteiger partial charge in [0, 0.05) is 24.6 Å². The first kappa shape index (κ1) is 24.1. The molecule has 0 radical (unpaired) electrons. The monoisotopic (exact) mass is 407 g/mol. The van der Waals surface area contributed by atoms with E-state index in [2.05, 4.69) is 18.5 Å². The van der Waals surface area contributed by atoms with Crippen LogP contribution in [0.5, 0.6) is 5.75 Å². The Morgan fingerprint density at radius 1 is 1.14 bits per heavy atom. The van der Waals surface area contributed by atoms with Crippen LogP contribution in [-0.4, -0.2) is 30.1 Å². The summed E-state index contributed by atoms with van der Waals surface area (Å²) in [6.45, 7) is 12.0. The fraction of sp³-hybridized carbons (Fsp3) is 0.364. The third-order valence-electron chi connectivity index (χ3n) is 3.59. The van der Waals surface area contributed by atoms with Crippen molar-refractivity contribution in [2.75, 3.05) is 6.61 Å².